The lowest BCUT2D eigenvalue weighted by Gasteiger charge is -2.42. The van der Waals surface area contributed by atoms with Gasteiger partial charge in [-0.25, -0.2) is 0 Å². The van der Waals surface area contributed by atoms with Crippen LogP contribution in [-0.4, -0.2) is 5.78 Å². The Labute approximate surface area is 155 Å². The van der Waals surface area contributed by atoms with Crippen molar-refractivity contribution < 1.29 is 4.79 Å². The summed E-state index contributed by atoms with van der Waals surface area (Å²) in [6.07, 6.45) is 6.91. The van der Waals surface area contributed by atoms with Gasteiger partial charge in [0, 0.05) is 10.4 Å². The average molecular weight is 353 g/mol. The fourth-order valence-electron chi connectivity index (χ4n) is 3.81. The third kappa shape index (κ3) is 3.50. The number of hydrogen-bond acceptors (Lipinski definition) is 2. The van der Waals surface area contributed by atoms with Crippen LogP contribution in [0, 0.1) is 0 Å². The van der Waals surface area contributed by atoms with Gasteiger partial charge in [0.2, 0.25) is 0 Å². The molecule has 0 spiro atoms. The molecule has 1 heterocycles. The summed E-state index contributed by atoms with van der Waals surface area (Å²) in [6, 6.07) is 8.54. The molecule has 0 unspecified atom stereocenters. The normalized spacial score (nSPS) is 18.3. The molecular formula is C23H28OS. The first-order chi connectivity index (χ1) is 11.7. The smallest absolute Gasteiger partial charge is 0.186 e. The SMILES string of the molecule is CCc1cc2c(cc1C(=O)C=Cc1cccs1)C(C)(C)CCC2(C)C. The predicted molar refractivity (Wildman–Crippen MR) is 109 cm³/mol. The molecule has 2 heteroatoms. The van der Waals surface area contributed by atoms with Crippen LogP contribution in [0.5, 0.6) is 0 Å². The Morgan fingerprint density at radius 2 is 1.76 bits per heavy atom. The Morgan fingerprint density at radius 3 is 2.32 bits per heavy atom. The average Bonchev–Trinajstić information content (AvgIpc) is 3.09. The number of carbonyl (C=O) groups is 1. The monoisotopic (exact) mass is 352 g/mol. The Hall–Kier alpha value is -1.67. The van der Waals surface area contributed by atoms with Crippen molar-refractivity contribution in [2.75, 3.05) is 0 Å². The van der Waals surface area contributed by atoms with E-state index in [0.29, 0.717) is 0 Å². The molecule has 0 atom stereocenters. The van der Waals surface area contributed by atoms with E-state index in [9.17, 15) is 4.79 Å². The van der Waals surface area contributed by atoms with Crippen LogP contribution in [0.1, 0.15) is 79.4 Å². The molecule has 0 saturated heterocycles. The topological polar surface area (TPSA) is 17.1 Å². The van der Waals surface area contributed by atoms with E-state index >= 15 is 0 Å². The molecule has 132 valence electrons. The number of fused-ring (bicyclic) bond motifs is 1. The molecule has 0 N–H and O–H groups in total. The van der Waals surface area contributed by atoms with Crippen LogP contribution < -0.4 is 0 Å². The minimum absolute atomic E-state index is 0.118. The molecule has 0 radical (unpaired) electrons. The van der Waals surface area contributed by atoms with Crippen molar-refractivity contribution in [3.63, 3.8) is 0 Å². The highest BCUT2D eigenvalue weighted by Crippen LogP contribution is 2.46. The third-order valence-corrected chi connectivity index (χ3v) is 6.50. The van der Waals surface area contributed by atoms with Crippen molar-refractivity contribution >= 4 is 23.2 Å². The highest BCUT2D eigenvalue weighted by atomic mass is 32.1. The number of benzene rings is 1. The van der Waals surface area contributed by atoms with Crippen LogP contribution in [0.2, 0.25) is 0 Å². The molecule has 3 rings (SSSR count). The van der Waals surface area contributed by atoms with Crippen molar-refractivity contribution in [3.8, 4) is 0 Å². The van der Waals surface area contributed by atoms with Gasteiger partial charge in [-0.2, -0.15) is 0 Å². The zero-order chi connectivity index (χ0) is 18.2. The maximum atomic E-state index is 12.9. The van der Waals surface area contributed by atoms with Gasteiger partial charge in [-0.3, -0.25) is 4.79 Å². The van der Waals surface area contributed by atoms with Crippen LogP contribution in [-0.2, 0) is 17.3 Å². The summed E-state index contributed by atoms with van der Waals surface area (Å²) >= 11 is 1.65. The van der Waals surface area contributed by atoms with Gasteiger partial charge < -0.3 is 0 Å². The molecular weight excluding hydrogens is 324 g/mol. The summed E-state index contributed by atoms with van der Waals surface area (Å²) in [4.78, 5) is 14.0. The zero-order valence-corrected chi connectivity index (χ0v) is 16.8. The van der Waals surface area contributed by atoms with Crippen molar-refractivity contribution in [3.05, 3.63) is 62.9 Å². The van der Waals surface area contributed by atoms with Crippen molar-refractivity contribution in [2.24, 2.45) is 0 Å². The van der Waals surface area contributed by atoms with E-state index in [1.165, 1.54) is 23.1 Å². The summed E-state index contributed by atoms with van der Waals surface area (Å²) in [5, 5.41) is 2.03. The van der Waals surface area contributed by atoms with Crippen LogP contribution in [0.3, 0.4) is 0 Å². The molecule has 25 heavy (non-hydrogen) atoms. The number of thiophene rings is 1. The number of hydrogen-bond donors (Lipinski definition) is 0. The Balaban J connectivity index is 2.07. The van der Waals surface area contributed by atoms with Crippen molar-refractivity contribution in [2.45, 2.75) is 64.7 Å². The zero-order valence-electron chi connectivity index (χ0n) is 16.0. The van der Waals surface area contributed by atoms with Gasteiger partial charge in [0.1, 0.15) is 0 Å². The standard InChI is InChI=1S/C23H28OS/c1-6-16-14-19-20(23(4,5)12-11-22(19,2)3)15-18(16)21(24)10-9-17-8-7-13-25-17/h7-10,13-15H,6,11-12H2,1-5H3. The summed E-state index contributed by atoms with van der Waals surface area (Å²) < 4.78 is 0. The first-order valence-corrected chi connectivity index (χ1v) is 10.1. The van der Waals surface area contributed by atoms with Crippen LogP contribution >= 0.6 is 11.3 Å². The number of carbonyl (C=O) groups excluding carboxylic acids is 1. The molecule has 0 amide bonds. The van der Waals surface area contributed by atoms with Gasteiger partial charge >= 0.3 is 0 Å². The van der Waals surface area contributed by atoms with Gasteiger partial charge in [-0.15, -0.1) is 11.3 Å². The van der Waals surface area contributed by atoms with Gasteiger partial charge in [0.25, 0.3) is 0 Å². The third-order valence-electron chi connectivity index (χ3n) is 5.67. The first-order valence-electron chi connectivity index (χ1n) is 9.18. The highest BCUT2D eigenvalue weighted by Gasteiger charge is 2.37. The number of rotatable bonds is 4. The molecule has 1 aromatic carbocycles. The Bertz CT molecular complexity index is 807. The summed E-state index contributed by atoms with van der Waals surface area (Å²) in [6.45, 7) is 11.4. The summed E-state index contributed by atoms with van der Waals surface area (Å²) in [7, 11) is 0. The quantitative estimate of drug-likeness (QED) is 0.450. The molecule has 1 aliphatic carbocycles. The summed E-state index contributed by atoms with van der Waals surface area (Å²) in [5.74, 6) is 0.118. The van der Waals surface area contributed by atoms with Crippen molar-refractivity contribution in [1.82, 2.24) is 0 Å². The largest absolute Gasteiger partial charge is 0.289 e. The fourth-order valence-corrected chi connectivity index (χ4v) is 4.43. The van der Waals surface area contributed by atoms with E-state index in [-0.39, 0.29) is 16.6 Å². The molecule has 1 nitrogen and oxygen atoms in total. The second-order valence-electron chi connectivity index (χ2n) is 8.39. The molecule has 1 aliphatic rings. The lowest BCUT2D eigenvalue weighted by molar-refractivity contribution is 0.104. The van der Waals surface area contributed by atoms with Crippen LogP contribution in [0.15, 0.2) is 35.7 Å². The predicted octanol–water partition coefficient (Wildman–Crippen LogP) is 6.56. The summed E-state index contributed by atoms with van der Waals surface area (Å²) in [5.41, 5.74) is 5.14. The second kappa shape index (κ2) is 6.57. The minimum Gasteiger partial charge on any atom is -0.289 e. The molecule has 0 aliphatic heterocycles. The number of allylic oxidation sites excluding steroid dienone is 1. The Morgan fingerprint density at radius 1 is 1.12 bits per heavy atom. The van der Waals surface area contributed by atoms with Crippen LogP contribution in [0.25, 0.3) is 6.08 Å². The maximum absolute atomic E-state index is 12.9. The van der Waals surface area contributed by atoms with E-state index in [2.05, 4.69) is 46.8 Å². The first kappa shape index (κ1) is 18.1. The number of aryl methyl sites for hydroxylation is 1. The maximum Gasteiger partial charge on any atom is 0.186 e. The van der Waals surface area contributed by atoms with E-state index in [1.807, 2.05) is 23.6 Å². The van der Waals surface area contributed by atoms with E-state index < -0.39 is 0 Å². The molecule has 0 bridgehead atoms. The fraction of sp³-hybridized carbons (Fsp3) is 0.435. The van der Waals surface area contributed by atoms with Crippen LogP contribution in [0.4, 0.5) is 0 Å². The Kier molecular flexibility index (Phi) is 4.76. The lowest BCUT2D eigenvalue weighted by Crippen LogP contribution is -2.34. The molecule has 0 fully saturated rings. The minimum atomic E-state index is 0.118. The van der Waals surface area contributed by atoms with Crippen molar-refractivity contribution in [1.29, 1.82) is 0 Å². The molecule has 1 aromatic heterocycles. The van der Waals surface area contributed by atoms with E-state index in [1.54, 1.807) is 17.4 Å². The number of ketones is 1. The van der Waals surface area contributed by atoms with E-state index in [0.717, 1.165) is 23.3 Å². The van der Waals surface area contributed by atoms with Gasteiger partial charge in [0.15, 0.2) is 5.78 Å². The molecule has 0 saturated carbocycles. The van der Waals surface area contributed by atoms with Gasteiger partial charge in [-0.1, -0.05) is 46.8 Å². The second-order valence-corrected chi connectivity index (χ2v) is 9.37. The van der Waals surface area contributed by atoms with E-state index in [4.69, 9.17) is 0 Å². The highest BCUT2D eigenvalue weighted by molar-refractivity contribution is 7.10. The van der Waals surface area contributed by atoms with Gasteiger partial charge in [-0.05, 0) is 76.4 Å². The molecule has 2 aromatic rings. The van der Waals surface area contributed by atoms with Gasteiger partial charge in [0.05, 0.1) is 0 Å². The lowest BCUT2D eigenvalue weighted by atomic mass is 9.62.